The summed E-state index contributed by atoms with van der Waals surface area (Å²) >= 11 is 0. The average molecular weight is 217 g/mol. The highest BCUT2D eigenvalue weighted by atomic mass is 14.9. The van der Waals surface area contributed by atoms with Crippen molar-refractivity contribution in [2.75, 3.05) is 7.05 Å². The highest BCUT2D eigenvalue weighted by Gasteiger charge is 2.47. The van der Waals surface area contributed by atoms with Gasteiger partial charge in [-0.15, -0.1) is 0 Å². The molecule has 0 radical (unpaired) electrons. The highest BCUT2D eigenvalue weighted by molar-refractivity contribution is 5.26. The molecule has 0 spiro atoms. The van der Waals surface area contributed by atoms with Crippen LogP contribution < -0.4 is 5.32 Å². The highest BCUT2D eigenvalue weighted by Crippen LogP contribution is 2.50. The Morgan fingerprint density at radius 3 is 2.00 bits per heavy atom. The molecule has 1 fully saturated rings. The van der Waals surface area contributed by atoms with Gasteiger partial charge in [0.15, 0.2) is 0 Å². The molecular weight excluding hydrogens is 194 g/mol. The van der Waals surface area contributed by atoms with Gasteiger partial charge < -0.3 is 5.32 Å². The summed E-state index contributed by atoms with van der Waals surface area (Å²) in [5.74, 6) is 2.41. The first kappa shape index (κ1) is 11.7. The van der Waals surface area contributed by atoms with E-state index in [-0.39, 0.29) is 0 Å². The van der Waals surface area contributed by atoms with Gasteiger partial charge in [0.25, 0.3) is 0 Å². The Bertz CT molecular complexity index is 307. The fourth-order valence-electron chi connectivity index (χ4n) is 3.55. The molecule has 2 atom stereocenters. The molecule has 1 nitrogen and oxygen atoms in total. The van der Waals surface area contributed by atoms with Gasteiger partial charge in [0.2, 0.25) is 0 Å². The Morgan fingerprint density at radius 2 is 1.56 bits per heavy atom. The molecule has 0 aromatic heterocycles. The van der Waals surface area contributed by atoms with Crippen LogP contribution in [0.5, 0.6) is 0 Å². The second-order valence-electron chi connectivity index (χ2n) is 4.90. The van der Waals surface area contributed by atoms with E-state index >= 15 is 0 Å². The standard InChI is InChI=1S/C15H23N/c1-4-12-14(11-9-7-6-8-10-11)13(5-2)15(12)16-3/h6-10,12-16H,4-5H2,1-3H3. The second-order valence-corrected chi connectivity index (χ2v) is 4.90. The number of benzene rings is 1. The minimum atomic E-state index is 0.722. The first-order valence-corrected chi connectivity index (χ1v) is 6.55. The van der Waals surface area contributed by atoms with Gasteiger partial charge in [-0.1, -0.05) is 57.0 Å². The van der Waals surface area contributed by atoms with E-state index in [4.69, 9.17) is 0 Å². The lowest BCUT2D eigenvalue weighted by atomic mass is 9.56. The van der Waals surface area contributed by atoms with E-state index in [0.717, 1.165) is 23.8 Å². The molecule has 2 rings (SSSR count). The molecule has 1 N–H and O–H groups in total. The SMILES string of the molecule is CCC1C(NC)C(CC)C1c1ccccc1. The maximum atomic E-state index is 3.50. The lowest BCUT2D eigenvalue weighted by molar-refractivity contribution is 0.0675. The zero-order valence-electron chi connectivity index (χ0n) is 10.6. The maximum absolute atomic E-state index is 3.50. The minimum Gasteiger partial charge on any atom is -0.316 e. The molecule has 1 aliphatic rings. The molecule has 1 aromatic carbocycles. The monoisotopic (exact) mass is 217 g/mol. The van der Waals surface area contributed by atoms with E-state index in [2.05, 4.69) is 56.5 Å². The van der Waals surface area contributed by atoms with Gasteiger partial charge in [-0.2, -0.15) is 0 Å². The molecule has 1 aliphatic carbocycles. The van der Waals surface area contributed by atoms with Crippen molar-refractivity contribution in [2.24, 2.45) is 11.8 Å². The van der Waals surface area contributed by atoms with Crippen molar-refractivity contribution in [2.45, 2.75) is 38.6 Å². The topological polar surface area (TPSA) is 12.0 Å². The van der Waals surface area contributed by atoms with Gasteiger partial charge in [0.1, 0.15) is 0 Å². The van der Waals surface area contributed by atoms with Crippen molar-refractivity contribution in [3.63, 3.8) is 0 Å². The van der Waals surface area contributed by atoms with E-state index in [1.54, 1.807) is 0 Å². The van der Waals surface area contributed by atoms with Crippen LogP contribution in [0.15, 0.2) is 30.3 Å². The first-order valence-electron chi connectivity index (χ1n) is 6.55. The molecular formula is C15H23N. The van der Waals surface area contributed by atoms with E-state index in [0.29, 0.717) is 0 Å². The molecule has 1 aromatic rings. The summed E-state index contributed by atoms with van der Waals surface area (Å²) < 4.78 is 0. The van der Waals surface area contributed by atoms with Crippen molar-refractivity contribution in [3.8, 4) is 0 Å². The van der Waals surface area contributed by atoms with Crippen LogP contribution in [0.1, 0.15) is 38.2 Å². The van der Waals surface area contributed by atoms with E-state index in [1.807, 2.05) is 0 Å². The summed E-state index contributed by atoms with van der Waals surface area (Å²) in [6.45, 7) is 4.63. The fraction of sp³-hybridized carbons (Fsp3) is 0.600. The van der Waals surface area contributed by atoms with Gasteiger partial charge in [-0.05, 0) is 30.4 Å². The van der Waals surface area contributed by atoms with Crippen molar-refractivity contribution in [3.05, 3.63) is 35.9 Å². The lowest BCUT2D eigenvalue weighted by Crippen LogP contribution is -2.55. The minimum absolute atomic E-state index is 0.722. The molecule has 0 saturated heterocycles. The van der Waals surface area contributed by atoms with Crippen molar-refractivity contribution < 1.29 is 0 Å². The van der Waals surface area contributed by atoms with Gasteiger partial charge in [-0.3, -0.25) is 0 Å². The number of nitrogens with one attached hydrogen (secondary N) is 1. The van der Waals surface area contributed by atoms with Crippen LogP contribution in [-0.2, 0) is 0 Å². The Hall–Kier alpha value is -0.820. The molecule has 2 unspecified atom stereocenters. The third-order valence-electron chi connectivity index (χ3n) is 4.31. The van der Waals surface area contributed by atoms with Crippen LogP contribution in [0.4, 0.5) is 0 Å². The summed E-state index contributed by atoms with van der Waals surface area (Å²) in [5.41, 5.74) is 1.53. The quantitative estimate of drug-likeness (QED) is 0.815. The number of hydrogen-bond acceptors (Lipinski definition) is 1. The molecule has 16 heavy (non-hydrogen) atoms. The predicted molar refractivity (Wildman–Crippen MR) is 69.6 cm³/mol. The Morgan fingerprint density at radius 1 is 1.00 bits per heavy atom. The third-order valence-corrected chi connectivity index (χ3v) is 4.31. The molecule has 88 valence electrons. The Kier molecular flexibility index (Phi) is 3.65. The molecule has 0 bridgehead atoms. The summed E-state index contributed by atoms with van der Waals surface area (Å²) in [5, 5.41) is 3.50. The van der Waals surface area contributed by atoms with Crippen molar-refractivity contribution >= 4 is 0 Å². The zero-order valence-corrected chi connectivity index (χ0v) is 10.6. The number of rotatable bonds is 4. The van der Waals surface area contributed by atoms with E-state index < -0.39 is 0 Å². The van der Waals surface area contributed by atoms with Crippen LogP contribution in [0, 0.1) is 11.8 Å². The van der Waals surface area contributed by atoms with Crippen molar-refractivity contribution in [1.82, 2.24) is 5.32 Å². The second kappa shape index (κ2) is 5.01. The maximum Gasteiger partial charge on any atom is 0.0132 e. The molecule has 1 heteroatoms. The average Bonchev–Trinajstić information content (AvgIpc) is 2.31. The molecule has 1 saturated carbocycles. The fourth-order valence-corrected chi connectivity index (χ4v) is 3.55. The summed E-state index contributed by atoms with van der Waals surface area (Å²) in [6, 6.07) is 11.8. The van der Waals surface area contributed by atoms with Crippen LogP contribution in [-0.4, -0.2) is 13.1 Å². The number of hydrogen-bond donors (Lipinski definition) is 1. The Labute approximate surface area is 99.3 Å². The smallest absolute Gasteiger partial charge is 0.0132 e. The van der Waals surface area contributed by atoms with Crippen LogP contribution in [0.25, 0.3) is 0 Å². The summed E-state index contributed by atoms with van der Waals surface area (Å²) in [4.78, 5) is 0. The van der Waals surface area contributed by atoms with Crippen LogP contribution in [0.3, 0.4) is 0 Å². The van der Waals surface area contributed by atoms with E-state index in [9.17, 15) is 0 Å². The van der Waals surface area contributed by atoms with Gasteiger partial charge in [0.05, 0.1) is 0 Å². The van der Waals surface area contributed by atoms with Crippen LogP contribution >= 0.6 is 0 Å². The molecule has 0 aliphatic heterocycles. The molecule has 0 heterocycles. The normalized spacial score (nSPS) is 33.4. The first-order chi connectivity index (χ1) is 7.83. The zero-order chi connectivity index (χ0) is 11.5. The summed E-state index contributed by atoms with van der Waals surface area (Å²) in [6.07, 6.45) is 2.56. The van der Waals surface area contributed by atoms with Gasteiger partial charge in [-0.25, -0.2) is 0 Å². The van der Waals surface area contributed by atoms with Crippen LogP contribution in [0.2, 0.25) is 0 Å². The largest absolute Gasteiger partial charge is 0.316 e. The van der Waals surface area contributed by atoms with Gasteiger partial charge in [0, 0.05) is 6.04 Å². The predicted octanol–water partition coefficient (Wildman–Crippen LogP) is 3.42. The molecule has 0 amide bonds. The van der Waals surface area contributed by atoms with Gasteiger partial charge >= 0.3 is 0 Å². The van der Waals surface area contributed by atoms with Crippen molar-refractivity contribution in [1.29, 1.82) is 0 Å². The lowest BCUT2D eigenvalue weighted by Gasteiger charge is -2.52. The summed E-state index contributed by atoms with van der Waals surface area (Å²) in [7, 11) is 2.11. The third kappa shape index (κ3) is 1.78. The van der Waals surface area contributed by atoms with E-state index in [1.165, 1.54) is 18.4 Å². The Balaban J connectivity index is 2.20.